The van der Waals surface area contributed by atoms with Gasteiger partial charge in [-0.05, 0) is 33.7 Å². The van der Waals surface area contributed by atoms with Crippen molar-refractivity contribution in [3.8, 4) is 0 Å². The van der Waals surface area contributed by atoms with Crippen LogP contribution in [0.1, 0.15) is 18.0 Å². The number of aryl methyl sites for hydroxylation is 1. The largest absolute Gasteiger partial charge is 0.477 e. The SMILES string of the molecule is NC(=O)CCn1nnnc1SCC1=C(C(=O)O)N2C(=O)C(NC(=O)C(N)c3cccc(NC(N)=O)c3)C2SC1. The molecule has 0 aliphatic carbocycles. The normalized spacial score (nSPS) is 19.1. The van der Waals surface area contributed by atoms with Crippen LogP contribution in [0.3, 0.4) is 0 Å². The number of hydrogen-bond acceptors (Lipinski definition) is 11. The first-order valence-corrected chi connectivity index (χ1v) is 13.4. The third kappa shape index (κ3) is 6.13. The first kappa shape index (κ1) is 27.9. The second-order valence-electron chi connectivity index (χ2n) is 8.44. The van der Waals surface area contributed by atoms with Gasteiger partial charge in [0, 0.05) is 23.6 Å². The van der Waals surface area contributed by atoms with Gasteiger partial charge >= 0.3 is 12.0 Å². The topological polar surface area (TPSA) is 255 Å². The molecule has 5 amide bonds. The van der Waals surface area contributed by atoms with E-state index in [1.807, 2.05) is 0 Å². The van der Waals surface area contributed by atoms with E-state index in [9.17, 15) is 29.1 Å². The summed E-state index contributed by atoms with van der Waals surface area (Å²) in [6.07, 6.45) is 0.0357. The first-order chi connectivity index (χ1) is 18.6. The van der Waals surface area contributed by atoms with Crippen LogP contribution < -0.4 is 27.8 Å². The Morgan fingerprint density at radius 3 is 2.72 bits per heavy atom. The lowest BCUT2D eigenvalue weighted by Crippen LogP contribution is -2.71. The summed E-state index contributed by atoms with van der Waals surface area (Å²) in [5, 5.41) is 25.9. The molecule has 18 heteroatoms. The van der Waals surface area contributed by atoms with Crippen LogP contribution in [-0.2, 0) is 25.7 Å². The van der Waals surface area contributed by atoms with Crippen LogP contribution in [0, 0.1) is 0 Å². The van der Waals surface area contributed by atoms with E-state index < -0.39 is 47.2 Å². The van der Waals surface area contributed by atoms with Crippen molar-refractivity contribution in [1.29, 1.82) is 0 Å². The molecule has 16 nitrogen and oxygen atoms in total. The minimum absolute atomic E-state index is 0.0357. The van der Waals surface area contributed by atoms with E-state index >= 15 is 0 Å². The number of urea groups is 1. The zero-order valence-corrected chi connectivity index (χ0v) is 21.8. The maximum atomic E-state index is 13.0. The highest BCUT2D eigenvalue weighted by molar-refractivity contribution is 8.01. The van der Waals surface area contributed by atoms with E-state index in [-0.39, 0.29) is 30.2 Å². The van der Waals surface area contributed by atoms with Crippen LogP contribution in [-0.4, -0.2) is 82.9 Å². The van der Waals surface area contributed by atoms with Crippen LogP contribution in [0.2, 0.25) is 0 Å². The fraction of sp³-hybridized carbons (Fsp3) is 0.333. The Kier molecular flexibility index (Phi) is 8.36. The number of rotatable bonds is 11. The second kappa shape index (κ2) is 11.7. The number of carboxylic acids is 1. The Morgan fingerprint density at radius 1 is 1.26 bits per heavy atom. The van der Waals surface area contributed by atoms with Crippen molar-refractivity contribution in [2.45, 2.75) is 35.6 Å². The number of anilines is 1. The van der Waals surface area contributed by atoms with E-state index in [1.165, 1.54) is 22.5 Å². The van der Waals surface area contributed by atoms with E-state index in [1.54, 1.807) is 18.2 Å². The quantitative estimate of drug-likeness (QED) is 0.133. The summed E-state index contributed by atoms with van der Waals surface area (Å²) in [6, 6.07) is 3.32. The molecule has 39 heavy (non-hydrogen) atoms. The van der Waals surface area contributed by atoms with E-state index in [4.69, 9.17) is 17.2 Å². The molecule has 2 aliphatic rings. The highest BCUT2D eigenvalue weighted by Gasteiger charge is 2.54. The predicted octanol–water partition coefficient (Wildman–Crippen LogP) is -1.43. The van der Waals surface area contributed by atoms with Gasteiger partial charge in [-0.15, -0.1) is 16.9 Å². The fourth-order valence-electron chi connectivity index (χ4n) is 3.95. The fourth-order valence-corrected chi connectivity index (χ4v) is 6.34. The Balaban J connectivity index is 1.42. The number of thioether (sulfide) groups is 2. The number of fused-ring (bicyclic) bond motifs is 1. The van der Waals surface area contributed by atoms with Gasteiger partial charge in [-0.2, -0.15) is 0 Å². The molecule has 1 saturated heterocycles. The zero-order valence-electron chi connectivity index (χ0n) is 20.1. The Morgan fingerprint density at radius 2 is 2.03 bits per heavy atom. The maximum absolute atomic E-state index is 13.0. The molecule has 3 atom stereocenters. The van der Waals surface area contributed by atoms with E-state index in [0.717, 1.165) is 16.7 Å². The summed E-state index contributed by atoms with van der Waals surface area (Å²) in [6.45, 7) is 0.173. The number of aliphatic carboxylic acids is 1. The lowest BCUT2D eigenvalue weighted by Gasteiger charge is -2.49. The number of β-lactam (4-membered cyclic amide) rings is 1. The van der Waals surface area contributed by atoms with E-state index in [2.05, 4.69) is 26.2 Å². The van der Waals surface area contributed by atoms with Crippen molar-refractivity contribution < 1.29 is 29.1 Å². The second-order valence-corrected chi connectivity index (χ2v) is 10.5. The summed E-state index contributed by atoms with van der Waals surface area (Å²) in [5.74, 6) is -2.56. The van der Waals surface area contributed by atoms with Crippen LogP contribution >= 0.6 is 23.5 Å². The number of primary amides is 2. The number of carbonyl (C=O) groups excluding carboxylic acids is 4. The minimum atomic E-state index is -1.28. The number of aromatic nitrogens is 4. The highest BCUT2D eigenvalue weighted by atomic mass is 32.2. The maximum Gasteiger partial charge on any atom is 0.352 e. The highest BCUT2D eigenvalue weighted by Crippen LogP contribution is 2.41. The predicted molar refractivity (Wildman–Crippen MR) is 139 cm³/mol. The molecule has 206 valence electrons. The number of tetrazole rings is 1. The molecule has 1 aromatic carbocycles. The van der Waals surface area contributed by atoms with Crippen LogP contribution in [0.5, 0.6) is 0 Å². The van der Waals surface area contributed by atoms with Gasteiger partial charge in [-0.1, -0.05) is 23.9 Å². The third-order valence-corrected chi connectivity index (χ3v) is 8.17. The zero-order chi connectivity index (χ0) is 28.3. The number of nitrogens with zero attached hydrogens (tertiary/aromatic N) is 5. The minimum Gasteiger partial charge on any atom is -0.477 e. The number of hydrogen-bond donors (Lipinski definition) is 6. The molecule has 0 saturated carbocycles. The average molecular weight is 577 g/mol. The van der Waals surface area contributed by atoms with Crippen molar-refractivity contribution in [3.63, 3.8) is 0 Å². The Bertz CT molecular complexity index is 1360. The van der Waals surface area contributed by atoms with Gasteiger partial charge < -0.3 is 32.9 Å². The molecular weight excluding hydrogens is 552 g/mol. The van der Waals surface area contributed by atoms with Gasteiger partial charge in [0.25, 0.3) is 5.91 Å². The van der Waals surface area contributed by atoms with Crippen molar-refractivity contribution in [2.24, 2.45) is 17.2 Å². The molecule has 0 spiro atoms. The molecule has 0 bridgehead atoms. The lowest BCUT2D eigenvalue weighted by molar-refractivity contribution is -0.150. The summed E-state index contributed by atoms with van der Waals surface area (Å²) < 4.78 is 1.39. The lowest BCUT2D eigenvalue weighted by atomic mass is 10.0. The van der Waals surface area contributed by atoms with Gasteiger partial charge in [0.15, 0.2) is 0 Å². The number of amides is 5. The van der Waals surface area contributed by atoms with Gasteiger partial charge in [-0.25, -0.2) is 14.3 Å². The average Bonchev–Trinajstić information content (AvgIpc) is 3.35. The van der Waals surface area contributed by atoms with Crippen molar-refractivity contribution in [3.05, 3.63) is 41.1 Å². The summed E-state index contributed by atoms with van der Waals surface area (Å²) >= 11 is 2.46. The third-order valence-electron chi connectivity index (χ3n) is 5.79. The van der Waals surface area contributed by atoms with Gasteiger partial charge in [0.2, 0.25) is 17.0 Å². The molecule has 2 aromatic rings. The van der Waals surface area contributed by atoms with Crippen LogP contribution in [0.15, 0.2) is 40.7 Å². The number of nitrogens with two attached hydrogens (primary N) is 3. The number of carboxylic acid groups (broad SMARTS) is 1. The smallest absolute Gasteiger partial charge is 0.352 e. The first-order valence-electron chi connectivity index (χ1n) is 11.4. The Hall–Kier alpha value is -4.16. The monoisotopic (exact) mass is 576 g/mol. The molecule has 0 radical (unpaired) electrons. The van der Waals surface area contributed by atoms with Gasteiger partial charge in [-0.3, -0.25) is 19.3 Å². The van der Waals surface area contributed by atoms with Gasteiger partial charge in [0.1, 0.15) is 23.2 Å². The Labute approximate surface area is 229 Å². The van der Waals surface area contributed by atoms with Crippen LogP contribution in [0.25, 0.3) is 0 Å². The number of carbonyl (C=O) groups is 5. The number of benzene rings is 1. The molecule has 1 fully saturated rings. The summed E-state index contributed by atoms with van der Waals surface area (Å²) in [5.41, 5.74) is 17.4. The molecule has 1 aromatic heterocycles. The summed E-state index contributed by atoms with van der Waals surface area (Å²) in [4.78, 5) is 61.2. The van der Waals surface area contributed by atoms with Gasteiger partial charge in [0.05, 0.1) is 6.54 Å². The molecule has 9 N–H and O–H groups in total. The standard InChI is InChI=1S/C21H24N10O6S2/c22-12(32)4-5-30-21(27-28-29-30)39-8-10-7-38-18-14(17(34)31(18)15(10)19(35)36)26-16(33)13(23)9-2-1-3-11(6-9)25-20(24)37/h1-3,6,13-14,18H,4-5,7-8,23H2,(H2,22,32)(H,26,33)(H,35,36)(H3,24,25,37). The van der Waals surface area contributed by atoms with Crippen molar-refractivity contribution in [1.82, 2.24) is 30.4 Å². The molecule has 3 heterocycles. The van der Waals surface area contributed by atoms with Crippen molar-refractivity contribution >= 4 is 58.9 Å². The van der Waals surface area contributed by atoms with Crippen LogP contribution in [0.4, 0.5) is 10.5 Å². The molecule has 4 rings (SSSR count). The van der Waals surface area contributed by atoms with E-state index in [0.29, 0.717) is 22.0 Å². The molecule has 2 aliphatic heterocycles. The number of nitrogens with one attached hydrogen (secondary N) is 2. The van der Waals surface area contributed by atoms with Crippen molar-refractivity contribution in [2.75, 3.05) is 16.8 Å². The summed E-state index contributed by atoms with van der Waals surface area (Å²) in [7, 11) is 0. The molecule has 3 unspecified atom stereocenters. The molecular formula is C21H24N10O6S2.